The SMILES string of the molecule is CCCCCCCCCCCCCCN(C)C(=O)OCn1c(=O)ccc2ccc(OCCCCN3CCN(c4cccc5sccc45)CC3)cc21. The standard InChI is InChI=1S/C42H60N4O4S/c1-3-4-5-6-7-8-9-10-11-12-13-14-25-43(2)42(48)50-34-46-39-33-36(22-20-35(39)21-23-41(46)47)49-31-16-15-26-44-27-29-45(30-28-44)38-18-17-19-40-37(38)24-32-51-40/h17-24,32-33H,3-16,25-31,34H2,1-2H3. The fourth-order valence-corrected chi connectivity index (χ4v) is 7.90. The monoisotopic (exact) mass is 716 g/mol. The van der Waals surface area contributed by atoms with Gasteiger partial charge in [0.25, 0.3) is 5.56 Å². The number of pyridine rings is 1. The Hall–Kier alpha value is -3.56. The number of amides is 1. The van der Waals surface area contributed by atoms with Gasteiger partial charge in [-0.25, -0.2) is 4.79 Å². The summed E-state index contributed by atoms with van der Waals surface area (Å²) in [4.78, 5) is 32.3. The van der Waals surface area contributed by atoms with Gasteiger partial charge in [0.1, 0.15) is 5.75 Å². The molecular weight excluding hydrogens is 657 g/mol. The molecule has 5 rings (SSSR count). The number of carbonyl (C=O) groups is 1. The first kappa shape index (κ1) is 38.7. The van der Waals surface area contributed by atoms with Crippen LogP contribution in [0.25, 0.3) is 21.0 Å². The lowest BCUT2D eigenvalue weighted by Crippen LogP contribution is -2.46. The molecule has 4 aromatic rings. The first-order chi connectivity index (χ1) is 25.0. The number of nitrogens with zero attached hydrogens (tertiary/aromatic N) is 4. The van der Waals surface area contributed by atoms with E-state index in [4.69, 9.17) is 9.47 Å². The third kappa shape index (κ3) is 12.0. The summed E-state index contributed by atoms with van der Waals surface area (Å²) in [6, 6.07) is 18.0. The minimum Gasteiger partial charge on any atom is -0.494 e. The fraction of sp³-hybridized carbons (Fsp3) is 0.571. The molecule has 9 heteroatoms. The van der Waals surface area contributed by atoms with Crippen molar-refractivity contribution in [1.29, 1.82) is 0 Å². The molecule has 1 aliphatic heterocycles. The maximum Gasteiger partial charge on any atom is 0.411 e. The van der Waals surface area contributed by atoms with E-state index >= 15 is 0 Å². The van der Waals surface area contributed by atoms with E-state index in [0.29, 0.717) is 24.4 Å². The van der Waals surface area contributed by atoms with Crippen molar-refractivity contribution >= 4 is 44.1 Å². The number of ether oxygens (including phenoxy) is 2. The van der Waals surface area contributed by atoms with Gasteiger partial charge in [0.05, 0.1) is 12.1 Å². The maximum absolute atomic E-state index is 12.8. The molecule has 0 saturated carbocycles. The van der Waals surface area contributed by atoms with Crippen LogP contribution >= 0.6 is 11.3 Å². The van der Waals surface area contributed by atoms with Crippen molar-refractivity contribution in [2.75, 3.05) is 57.8 Å². The summed E-state index contributed by atoms with van der Waals surface area (Å²) >= 11 is 1.81. The van der Waals surface area contributed by atoms with E-state index in [1.54, 1.807) is 18.0 Å². The van der Waals surface area contributed by atoms with Gasteiger partial charge in [-0.3, -0.25) is 14.3 Å². The van der Waals surface area contributed by atoms with Crippen molar-refractivity contribution in [3.8, 4) is 5.75 Å². The molecule has 0 bridgehead atoms. The van der Waals surface area contributed by atoms with Crippen LogP contribution in [0.4, 0.5) is 10.5 Å². The highest BCUT2D eigenvalue weighted by Gasteiger charge is 2.19. The Morgan fingerprint density at radius 2 is 1.51 bits per heavy atom. The lowest BCUT2D eigenvalue weighted by atomic mass is 10.1. The van der Waals surface area contributed by atoms with Crippen molar-refractivity contribution in [1.82, 2.24) is 14.4 Å². The van der Waals surface area contributed by atoms with Crippen LogP contribution < -0.4 is 15.2 Å². The quantitative estimate of drug-likeness (QED) is 0.0755. The maximum atomic E-state index is 12.8. The number of thiophene rings is 1. The van der Waals surface area contributed by atoms with E-state index in [-0.39, 0.29) is 12.3 Å². The summed E-state index contributed by atoms with van der Waals surface area (Å²) in [5.41, 5.74) is 1.86. The van der Waals surface area contributed by atoms with E-state index in [2.05, 4.69) is 46.4 Å². The smallest absolute Gasteiger partial charge is 0.411 e. The van der Waals surface area contributed by atoms with Gasteiger partial charge < -0.3 is 19.3 Å². The van der Waals surface area contributed by atoms with E-state index in [1.807, 2.05) is 29.5 Å². The molecule has 0 aliphatic carbocycles. The molecule has 1 amide bonds. The van der Waals surface area contributed by atoms with Crippen molar-refractivity contribution < 1.29 is 14.3 Å². The van der Waals surface area contributed by atoms with Crippen LogP contribution in [0.1, 0.15) is 96.8 Å². The van der Waals surface area contributed by atoms with Gasteiger partial charge in [0, 0.05) is 67.7 Å². The summed E-state index contributed by atoms with van der Waals surface area (Å²) in [6.07, 6.45) is 17.0. The second kappa shape index (κ2) is 21.1. The number of hydrogen-bond acceptors (Lipinski definition) is 7. The molecule has 2 aromatic carbocycles. The second-order valence-electron chi connectivity index (χ2n) is 14.2. The molecule has 8 nitrogen and oxygen atoms in total. The van der Waals surface area contributed by atoms with Gasteiger partial charge in [-0.05, 0) is 73.0 Å². The Morgan fingerprint density at radius 1 is 0.804 bits per heavy atom. The van der Waals surface area contributed by atoms with Crippen LogP contribution in [-0.2, 0) is 11.5 Å². The van der Waals surface area contributed by atoms with Crippen molar-refractivity contribution in [3.05, 3.63) is 70.3 Å². The predicted octanol–water partition coefficient (Wildman–Crippen LogP) is 9.92. The van der Waals surface area contributed by atoms with Gasteiger partial charge in [0.2, 0.25) is 0 Å². The van der Waals surface area contributed by atoms with Gasteiger partial charge in [-0.1, -0.05) is 83.6 Å². The normalized spacial score (nSPS) is 13.6. The average Bonchev–Trinajstić information content (AvgIpc) is 3.64. The fourth-order valence-electron chi connectivity index (χ4n) is 7.10. The number of anilines is 1. The van der Waals surface area contributed by atoms with Gasteiger partial charge in [0.15, 0.2) is 6.73 Å². The number of rotatable bonds is 22. The Bertz CT molecular complexity index is 1680. The van der Waals surface area contributed by atoms with E-state index < -0.39 is 6.09 Å². The number of benzene rings is 2. The number of piperazine rings is 1. The van der Waals surface area contributed by atoms with Crippen LogP contribution in [0.5, 0.6) is 5.75 Å². The Balaban J connectivity index is 0.971. The van der Waals surface area contributed by atoms with Gasteiger partial charge in [-0.2, -0.15) is 0 Å². The number of carbonyl (C=O) groups excluding carboxylic acids is 1. The predicted molar refractivity (Wildman–Crippen MR) is 214 cm³/mol. The Labute approximate surface area is 309 Å². The zero-order chi connectivity index (χ0) is 35.7. The summed E-state index contributed by atoms with van der Waals surface area (Å²) in [5.74, 6) is 0.716. The molecule has 1 aliphatic rings. The molecule has 0 unspecified atom stereocenters. The van der Waals surface area contributed by atoms with Crippen LogP contribution in [0.3, 0.4) is 0 Å². The third-order valence-electron chi connectivity index (χ3n) is 10.3. The summed E-state index contributed by atoms with van der Waals surface area (Å²) in [5, 5.41) is 4.45. The molecule has 0 N–H and O–H groups in total. The number of fused-ring (bicyclic) bond motifs is 2. The molecule has 51 heavy (non-hydrogen) atoms. The lowest BCUT2D eigenvalue weighted by molar-refractivity contribution is 0.0827. The third-order valence-corrected chi connectivity index (χ3v) is 11.1. The average molecular weight is 717 g/mol. The van der Waals surface area contributed by atoms with Crippen molar-refractivity contribution in [3.63, 3.8) is 0 Å². The number of unbranched alkanes of at least 4 members (excludes halogenated alkanes) is 12. The molecule has 0 spiro atoms. The van der Waals surface area contributed by atoms with Crippen molar-refractivity contribution in [2.45, 2.75) is 104 Å². The van der Waals surface area contributed by atoms with Gasteiger partial charge >= 0.3 is 6.09 Å². The lowest BCUT2D eigenvalue weighted by Gasteiger charge is -2.36. The Kier molecular flexibility index (Phi) is 16.0. The second-order valence-corrected chi connectivity index (χ2v) is 15.1. The molecule has 0 atom stereocenters. The van der Waals surface area contributed by atoms with Crippen molar-refractivity contribution in [2.24, 2.45) is 0 Å². The van der Waals surface area contributed by atoms with Gasteiger partial charge in [-0.15, -0.1) is 11.3 Å². The van der Waals surface area contributed by atoms with Crippen LogP contribution in [0, 0.1) is 0 Å². The Morgan fingerprint density at radius 3 is 2.25 bits per heavy atom. The molecule has 2 aromatic heterocycles. The minimum absolute atomic E-state index is 0.128. The zero-order valence-electron chi connectivity index (χ0n) is 31.2. The number of hydrogen-bond donors (Lipinski definition) is 0. The zero-order valence-corrected chi connectivity index (χ0v) is 32.0. The molecule has 278 valence electrons. The minimum atomic E-state index is -0.407. The van der Waals surface area contributed by atoms with E-state index in [0.717, 1.165) is 63.8 Å². The number of aromatic nitrogens is 1. The molecule has 0 radical (unpaired) electrons. The highest BCUT2D eigenvalue weighted by molar-refractivity contribution is 7.17. The van der Waals surface area contributed by atoms with Crippen LogP contribution in [0.2, 0.25) is 0 Å². The summed E-state index contributed by atoms with van der Waals surface area (Å²) < 4.78 is 14.6. The summed E-state index contributed by atoms with van der Waals surface area (Å²) in [6.45, 7) is 8.72. The van der Waals surface area contributed by atoms with Crippen LogP contribution in [0.15, 0.2) is 64.8 Å². The summed E-state index contributed by atoms with van der Waals surface area (Å²) in [7, 11) is 1.77. The largest absolute Gasteiger partial charge is 0.494 e. The highest BCUT2D eigenvalue weighted by Crippen LogP contribution is 2.31. The highest BCUT2D eigenvalue weighted by atomic mass is 32.1. The molecule has 1 saturated heterocycles. The molecule has 1 fully saturated rings. The van der Waals surface area contributed by atoms with E-state index in [1.165, 1.54) is 90.6 Å². The molecular formula is C42H60N4O4S. The topological polar surface area (TPSA) is 67.2 Å². The first-order valence-corrected chi connectivity index (χ1v) is 20.5. The van der Waals surface area contributed by atoms with E-state index in [9.17, 15) is 9.59 Å². The van der Waals surface area contributed by atoms with Crippen LogP contribution in [-0.4, -0.2) is 73.4 Å². The first-order valence-electron chi connectivity index (χ1n) is 19.6. The molecule has 3 heterocycles.